The van der Waals surface area contributed by atoms with Crippen molar-refractivity contribution in [1.82, 2.24) is 0 Å². The molecule has 1 heteroatoms. The van der Waals surface area contributed by atoms with E-state index in [1.807, 2.05) is 0 Å². The summed E-state index contributed by atoms with van der Waals surface area (Å²) in [7, 11) is 0. The molecule has 0 heterocycles. The Bertz CT molecular complexity index is 348. The lowest BCUT2D eigenvalue weighted by Gasteiger charge is -2.36. The van der Waals surface area contributed by atoms with Gasteiger partial charge >= 0.3 is 0 Å². The Kier molecular flexibility index (Phi) is 3.34. The van der Waals surface area contributed by atoms with Crippen LogP contribution in [0.5, 0.6) is 0 Å². The maximum Gasteiger partial charge on any atom is 0.0896 e. The predicted molar refractivity (Wildman–Crippen MR) is 67.3 cm³/mol. The predicted octanol–water partition coefficient (Wildman–Crippen LogP) is 3.78. The molecule has 0 amide bonds. The van der Waals surface area contributed by atoms with Crippen molar-refractivity contribution in [3.8, 4) is 0 Å². The highest BCUT2D eigenvalue weighted by atomic mass is 16.3. The van der Waals surface area contributed by atoms with Gasteiger partial charge in [-0.15, -0.1) is 0 Å². The number of rotatable bonds is 2. The smallest absolute Gasteiger partial charge is 0.0896 e. The molecule has 0 radical (unpaired) electrons. The van der Waals surface area contributed by atoms with Crippen molar-refractivity contribution < 1.29 is 5.11 Å². The van der Waals surface area contributed by atoms with E-state index in [0.717, 1.165) is 24.3 Å². The Balaban J connectivity index is 2.15. The van der Waals surface area contributed by atoms with Gasteiger partial charge in [0.2, 0.25) is 0 Å². The zero-order valence-electron chi connectivity index (χ0n) is 10.4. The zero-order valence-corrected chi connectivity index (χ0v) is 10.4. The SMILES string of the molecule is CCC1CCC(O)(c2cccc(C)c2)CC1. The molecule has 1 N–H and O–H groups in total. The van der Waals surface area contributed by atoms with Crippen LogP contribution in [0.25, 0.3) is 0 Å². The molecule has 0 spiro atoms. The first-order valence-electron chi connectivity index (χ1n) is 6.43. The molecule has 1 saturated carbocycles. The second kappa shape index (κ2) is 4.58. The Morgan fingerprint density at radius 2 is 2.00 bits per heavy atom. The second-order valence-electron chi connectivity index (χ2n) is 5.25. The number of benzene rings is 1. The molecule has 1 aromatic rings. The largest absolute Gasteiger partial charge is 0.385 e. The van der Waals surface area contributed by atoms with Gasteiger partial charge in [-0.3, -0.25) is 0 Å². The lowest BCUT2D eigenvalue weighted by Crippen LogP contribution is -2.31. The standard InChI is InChI=1S/C15H22O/c1-3-13-7-9-15(16,10-8-13)14-6-4-5-12(2)11-14/h4-6,11,13,16H,3,7-10H2,1-2H3. The van der Waals surface area contributed by atoms with E-state index in [-0.39, 0.29) is 0 Å². The molecule has 0 aliphatic heterocycles. The summed E-state index contributed by atoms with van der Waals surface area (Å²) in [4.78, 5) is 0. The highest BCUT2D eigenvalue weighted by Crippen LogP contribution is 2.40. The molecule has 1 aliphatic rings. The summed E-state index contributed by atoms with van der Waals surface area (Å²) >= 11 is 0. The second-order valence-corrected chi connectivity index (χ2v) is 5.25. The lowest BCUT2D eigenvalue weighted by atomic mass is 9.74. The first-order valence-corrected chi connectivity index (χ1v) is 6.43. The van der Waals surface area contributed by atoms with Gasteiger partial charge in [0, 0.05) is 0 Å². The Labute approximate surface area is 98.5 Å². The van der Waals surface area contributed by atoms with Gasteiger partial charge in [0.15, 0.2) is 0 Å². The summed E-state index contributed by atoms with van der Waals surface area (Å²) in [5, 5.41) is 10.7. The first kappa shape index (κ1) is 11.7. The molecule has 0 saturated heterocycles. The van der Waals surface area contributed by atoms with Crippen molar-refractivity contribution in [3.63, 3.8) is 0 Å². The molecule has 0 atom stereocenters. The van der Waals surface area contributed by atoms with Gasteiger partial charge in [-0.25, -0.2) is 0 Å². The van der Waals surface area contributed by atoms with Gasteiger partial charge in [-0.05, 0) is 44.1 Å². The van der Waals surface area contributed by atoms with Crippen molar-refractivity contribution >= 4 is 0 Å². The Morgan fingerprint density at radius 3 is 2.56 bits per heavy atom. The molecule has 0 bridgehead atoms. The van der Waals surface area contributed by atoms with Gasteiger partial charge in [-0.2, -0.15) is 0 Å². The van der Waals surface area contributed by atoms with Crippen molar-refractivity contribution in [1.29, 1.82) is 0 Å². The zero-order chi connectivity index (χ0) is 11.6. The van der Waals surface area contributed by atoms with Crippen LogP contribution in [0.15, 0.2) is 24.3 Å². The summed E-state index contributed by atoms with van der Waals surface area (Å²) < 4.78 is 0. The number of aliphatic hydroxyl groups is 1. The van der Waals surface area contributed by atoms with E-state index in [1.54, 1.807) is 0 Å². The van der Waals surface area contributed by atoms with Crippen LogP contribution in [0.3, 0.4) is 0 Å². The fraction of sp³-hybridized carbons (Fsp3) is 0.600. The summed E-state index contributed by atoms with van der Waals surface area (Å²) in [6.45, 7) is 4.34. The van der Waals surface area contributed by atoms with Crippen molar-refractivity contribution in [2.45, 2.75) is 51.6 Å². The van der Waals surface area contributed by atoms with Crippen LogP contribution in [0.2, 0.25) is 0 Å². The summed E-state index contributed by atoms with van der Waals surface area (Å²) in [5.41, 5.74) is 1.79. The van der Waals surface area contributed by atoms with Gasteiger partial charge in [-0.1, -0.05) is 43.2 Å². The van der Waals surface area contributed by atoms with E-state index in [9.17, 15) is 5.11 Å². The average Bonchev–Trinajstić information content (AvgIpc) is 2.30. The molecule has 16 heavy (non-hydrogen) atoms. The van der Waals surface area contributed by atoms with Crippen LogP contribution >= 0.6 is 0 Å². The van der Waals surface area contributed by atoms with Crippen LogP contribution in [-0.2, 0) is 5.60 Å². The van der Waals surface area contributed by atoms with Crippen LogP contribution in [0.4, 0.5) is 0 Å². The first-order chi connectivity index (χ1) is 7.64. The molecule has 1 aromatic carbocycles. The van der Waals surface area contributed by atoms with Crippen molar-refractivity contribution in [3.05, 3.63) is 35.4 Å². The Morgan fingerprint density at radius 1 is 1.31 bits per heavy atom. The summed E-state index contributed by atoms with van der Waals surface area (Å²) in [6.07, 6.45) is 5.44. The number of hydrogen-bond donors (Lipinski definition) is 1. The maximum absolute atomic E-state index is 10.7. The van der Waals surface area contributed by atoms with Crippen molar-refractivity contribution in [2.24, 2.45) is 5.92 Å². The van der Waals surface area contributed by atoms with Crippen LogP contribution in [0, 0.1) is 12.8 Å². The highest BCUT2D eigenvalue weighted by molar-refractivity contribution is 5.27. The van der Waals surface area contributed by atoms with Gasteiger partial charge in [0.1, 0.15) is 0 Å². The van der Waals surface area contributed by atoms with Crippen molar-refractivity contribution in [2.75, 3.05) is 0 Å². The topological polar surface area (TPSA) is 20.2 Å². The molecule has 1 nitrogen and oxygen atoms in total. The van der Waals surface area contributed by atoms with E-state index in [4.69, 9.17) is 0 Å². The minimum absolute atomic E-state index is 0.558. The van der Waals surface area contributed by atoms with E-state index < -0.39 is 5.60 Å². The van der Waals surface area contributed by atoms with Crippen LogP contribution < -0.4 is 0 Å². The van der Waals surface area contributed by atoms with Gasteiger partial charge < -0.3 is 5.11 Å². The van der Waals surface area contributed by atoms with E-state index >= 15 is 0 Å². The van der Waals surface area contributed by atoms with E-state index in [0.29, 0.717) is 0 Å². The number of aryl methyl sites for hydroxylation is 1. The molecular weight excluding hydrogens is 196 g/mol. The van der Waals surface area contributed by atoms with Crippen LogP contribution in [-0.4, -0.2) is 5.11 Å². The molecule has 0 unspecified atom stereocenters. The molecule has 0 aromatic heterocycles. The highest BCUT2D eigenvalue weighted by Gasteiger charge is 2.33. The van der Waals surface area contributed by atoms with E-state index in [1.165, 1.54) is 24.8 Å². The average molecular weight is 218 g/mol. The molecule has 2 rings (SSSR count). The lowest BCUT2D eigenvalue weighted by molar-refractivity contribution is -0.0146. The minimum Gasteiger partial charge on any atom is -0.385 e. The fourth-order valence-electron chi connectivity index (χ4n) is 2.79. The van der Waals surface area contributed by atoms with E-state index in [2.05, 4.69) is 38.1 Å². The minimum atomic E-state index is -0.558. The molecule has 1 fully saturated rings. The molecular formula is C15H22O. The van der Waals surface area contributed by atoms with Gasteiger partial charge in [0.05, 0.1) is 5.60 Å². The normalized spacial score (nSPS) is 30.3. The third kappa shape index (κ3) is 2.30. The Hall–Kier alpha value is -0.820. The fourth-order valence-corrected chi connectivity index (χ4v) is 2.79. The summed E-state index contributed by atoms with van der Waals surface area (Å²) in [6, 6.07) is 8.34. The molecule has 88 valence electrons. The van der Waals surface area contributed by atoms with Crippen LogP contribution in [0.1, 0.15) is 50.2 Å². The molecule has 1 aliphatic carbocycles. The third-order valence-electron chi connectivity index (χ3n) is 4.07. The number of hydrogen-bond acceptors (Lipinski definition) is 1. The third-order valence-corrected chi connectivity index (χ3v) is 4.07. The maximum atomic E-state index is 10.7. The monoisotopic (exact) mass is 218 g/mol. The summed E-state index contributed by atoms with van der Waals surface area (Å²) in [5.74, 6) is 0.824. The van der Waals surface area contributed by atoms with Gasteiger partial charge in [0.25, 0.3) is 0 Å². The quantitative estimate of drug-likeness (QED) is 0.801.